The number of carboxylic acids is 1. The van der Waals surface area contributed by atoms with Gasteiger partial charge in [-0.2, -0.15) is 0 Å². The summed E-state index contributed by atoms with van der Waals surface area (Å²) in [5.41, 5.74) is 0. The fourth-order valence-corrected chi connectivity index (χ4v) is 1.12. The second-order valence-corrected chi connectivity index (χ2v) is 3.44. The van der Waals surface area contributed by atoms with Gasteiger partial charge in [0.2, 0.25) is 0 Å². The molecule has 0 aliphatic rings. The Balaban J connectivity index is 2.57. The number of hydrogen-bond donors (Lipinski definition) is 1. The van der Waals surface area contributed by atoms with Gasteiger partial charge in [-0.05, 0) is 0 Å². The molecule has 0 saturated heterocycles. The Morgan fingerprint density at radius 2 is 2.27 bits per heavy atom. The lowest BCUT2D eigenvalue weighted by Gasteiger charge is -2.13. The van der Waals surface area contributed by atoms with Crippen molar-refractivity contribution in [2.75, 3.05) is 13.6 Å². The second-order valence-electron chi connectivity index (χ2n) is 3.00. The van der Waals surface area contributed by atoms with Gasteiger partial charge in [-0.1, -0.05) is 11.6 Å². The Morgan fingerprint density at radius 3 is 2.73 bits per heavy atom. The van der Waals surface area contributed by atoms with Gasteiger partial charge < -0.3 is 14.4 Å². The molecule has 0 spiro atoms. The number of carbonyl (C=O) groups is 2. The third kappa shape index (κ3) is 3.28. The number of furan rings is 1. The first-order valence-electron chi connectivity index (χ1n) is 4.22. The van der Waals surface area contributed by atoms with Crippen molar-refractivity contribution in [1.82, 2.24) is 4.90 Å². The topological polar surface area (TPSA) is 70.8 Å². The molecular weight excluding hydrogens is 222 g/mol. The highest BCUT2D eigenvalue weighted by atomic mass is 35.5. The summed E-state index contributed by atoms with van der Waals surface area (Å²) in [5, 5.41) is 8.77. The SMILES string of the molecule is CN(CCC(=O)O)C(=O)c1cc(Cl)co1. The van der Waals surface area contributed by atoms with E-state index in [4.69, 9.17) is 21.1 Å². The van der Waals surface area contributed by atoms with E-state index >= 15 is 0 Å². The summed E-state index contributed by atoms with van der Waals surface area (Å²) in [5.74, 6) is -1.23. The number of rotatable bonds is 4. The van der Waals surface area contributed by atoms with Crippen LogP contribution in [0.1, 0.15) is 17.0 Å². The van der Waals surface area contributed by atoms with E-state index in [1.54, 1.807) is 0 Å². The van der Waals surface area contributed by atoms with E-state index in [2.05, 4.69) is 0 Å². The second kappa shape index (κ2) is 4.84. The van der Waals surface area contributed by atoms with E-state index in [0.29, 0.717) is 5.02 Å². The van der Waals surface area contributed by atoms with Gasteiger partial charge >= 0.3 is 5.97 Å². The molecule has 1 aromatic heterocycles. The van der Waals surface area contributed by atoms with Crippen LogP contribution in [-0.4, -0.2) is 35.5 Å². The van der Waals surface area contributed by atoms with Crippen molar-refractivity contribution in [3.05, 3.63) is 23.1 Å². The van der Waals surface area contributed by atoms with Gasteiger partial charge in [0, 0.05) is 19.7 Å². The minimum Gasteiger partial charge on any atom is -0.481 e. The molecule has 0 aliphatic carbocycles. The molecule has 0 fully saturated rings. The normalized spacial score (nSPS) is 10.0. The van der Waals surface area contributed by atoms with Crippen LogP contribution in [0.4, 0.5) is 0 Å². The average molecular weight is 232 g/mol. The molecule has 1 aromatic rings. The van der Waals surface area contributed by atoms with Crippen LogP contribution in [0.5, 0.6) is 0 Å². The molecule has 1 rings (SSSR count). The monoisotopic (exact) mass is 231 g/mol. The van der Waals surface area contributed by atoms with E-state index in [9.17, 15) is 9.59 Å². The summed E-state index contributed by atoms with van der Waals surface area (Å²) in [6, 6.07) is 1.39. The number of amides is 1. The summed E-state index contributed by atoms with van der Waals surface area (Å²) >= 11 is 5.58. The van der Waals surface area contributed by atoms with Gasteiger partial charge in [-0.15, -0.1) is 0 Å². The van der Waals surface area contributed by atoms with E-state index in [-0.39, 0.29) is 24.6 Å². The van der Waals surface area contributed by atoms with Crippen molar-refractivity contribution in [3.63, 3.8) is 0 Å². The lowest BCUT2D eigenvalue weighted by Crippen LogP contribution is -2.28. The summed E-state index contributed by atoms with van der Waals surface area (Å²) in [4.78, 5) is 23.1. The number of halogens is 1. The molecule has 0 aromatic carbocycles. The summed E-state index contributed by atoms with van der Waals surface area (Å²) in [7, 11) is 1.50. The first-order chi connectivity index (χ1) is 7.00. The van der Waals surface area contributed by atoms with Gasteiger partial charge in [0.1, 0.15) is 6.26 Å². The Kier molecular flexibility index (Phi) is 3.74. The number of aliphatic carboxylic acids is 1. The number of carboxylic acid groups (broad SMARTS) is 1. The molecule has 0 aliphatic heterocycles. The van der Waals surface area contributed by atoms with E-state index < -0.39 is 5.97 Å². The molecule has 0 saturated carbocycles. The van der Waals surface area contributed by atoms with Crippen molar-refractivity contribution < 1.29 is 19.1 Å². The maximum atomic E-state index is 11.6. The summed E-state index contributed by atoms with van der Waals surface area (Å²) in [6.45, 7) is 0.131. The van der Waals surface area contributed by atoms with E-state index in [1.165, 1.54) is 24.3 Å². The zero-order valence-electron chi connectivity index (χ0n) is 8.07. The van der Waals surface area contributed by atoms with E-state index in [0.717, 1.165) is 0 Å². The zero-order chi connectivity index (χ0) is 11.4. The zero-order valence-corrected chi connectivity index (χ0v) is 8.82. The summed E-state index contributed by atoms with van der Waals surface area (Å²) in [6.07, 6.45) is 1.15. The molecule has 1 heterocycles. The predicted molar refractivity (Wildman–Crippen MR) is 52.9 cm³/mol. The molecule has 0 unspecified atom stereocenters. The minimum absolute atomic E-state index is 0.101. The molecule has 0 bridgehead atoms. The van der Waals surface area contributed by atoms with Crippen LogP contribution in [0.2, 0.25) is 5.02 Å². The molecule has 15 heavy (non-hydrogen) atoms. The van der Waals surface area contributed by atoms with Gasteiger partial charge in [0.15, 0.2) is 5.76 Å². The van der Waals surface area contributed by atoms with Crippen LogP contribution in [-0.2, 0) is 4.79 Å². The molecule has 0 atom stereocenters. The third-order valence-corrected chi connectivity index (χ3v) is 1.98. The predicted octanol–water partition coefficient (Wildman–Crippen LogP) is 1.48. The minimum atomic E-state index is -0.952. The number of hydrogen-bond acceptors (Lipinski definition) is 3. The highest BCUT2D eigenvalue weighted by Gasteiger charge is 2.16. The number of carbonyl (C=O) groups excluding carboxylic acids is 1. The van der Waals surface area contributed by atoms with Crippen LogP contribution in [0, 0.1) is 0 Å². The lowest BCUT2D eigenvalue weighted by molar-refractivity contribution is -0.137. The van der Waals surface area contributed by atoms with Crippen molar-refractivity contribution >= 4 is 23.5 Å². The van der Waals surface area contributed by atoms with Crippen LogP contribution in [0.25, 0.3) is 0 Å². The van der Waals surface area contributed by atoms with Gasteiger partial charge in [-0.3, -0.25) is 9.59 Å². The fourth-order valence-electron chi connectivity index (χ4n) is 0.978. The Labute approximate surface area is 91.2 Å². The van der Waals surface area contributed by atoms with Crippen molar-refractivity contribution in [1.29, 1.82) is 0 Å². The van der Waals surface area contributed by atoms with Crippen molar-refractivity contribution in [3.8, 4) is 0 Å². The maximum Gasteiger partial charge on any atom is 0.305 e. The molecule has 6 heteroatoms. The molecule has 5 nitrogen and oxygen atoms in total. The standard InChI is InChI=1S/C9H10ClNO4/c1-11(3-2-8(12)13)9(14)7-4-6(10)5-15-7/h4-5H,2-3H2,1H3,(H,12,13). The maximum absolute atomic E-state index is 11.6. The fraction of sp³-hybridized carbons (Fsp3) is 0.333. The summed E-state index contributed by atoms with van der Waals surface area (Å²) < 4.78 is 4.88. The highest BCUT2D eigenvalue weighted by Crippen LogP contribution is 2.14. The third-order valence-electron chi connectivity index (χ3n) is 1.79. The average Bonchev–Trinajstić information content (AvgIpc) is 2.60. The highest BCUT2D eigenvalue weighted by molar-refractivity contribution is 6.30. The van der Waals surface area contributed by atoms with Crippen LogP contribution in [0.15, 0.2) is 16.7 Å². The van der Waals surface area contributed by atoms with Crippen molar-refractivity contribution in [2.45, 2.75) is 6.42 Å². The van der Waals surface area contributed by atoms with Crippen LogP contribution < -0.4 is 0 Å². The Bertz CT molecular complexity index is 374. The largest absolute Gasteiger partial charge is 0.481 e. The molecule has 0 radical (unpaired) electrons. The first-order valence-corrected chi connectivity index (χ1v) is 4.60. The lowest BCUT2D eigenvalue weighted by atomic mass is 10.3. The van der Waals surface area contributed by atoms with Crippen LogP contribution >= 0.6 is 11.6 Å². The smallest absolute Gasteiger partial charge is 0.305 e. The Hall–Kier alpha value is -1.49. The molecule has 1 N–H and O–H groups in total. The number of nitrogens with zero attached hydrogens (tertiary/aromatic N) is 1. The van der Waals surface area contributed by atoms with Gasteiger partial charge in [0.25, 0.3) is 5.91 Å². The molecule has 1 amide bonds. The van der Waals surface area contributed by atoms with Gasteiger partial charge in [0.05, 0.1) is 11.4 Å². The van der Waals surface area contributed by atoms with Gasteiger partial charge in [-0.25, -0.2) is 0 Å². The molecule has 82 valence electrons. The van der Waals surface area contributed by atoms with Crippen molar-refractivity contribution in [2.24, 2.45) is 0 Å². The first kappa shape index (κ1) is 11.6. The molecular formula is C9H10ClNO4. The quantitative estimate of drug-likeness (QED) is 0.852. The van der Waals surface area contributed by atoms with E-state index in [1.807, 2.05) is 0 Å². The Morgan fingerprint density at radius 1 is 1.60 bits per heavy atom. The van der Waals surface area contributed by atoms with Crippen LogP contribution in [0.3, 0.4) is 0 Å².